The van der Waals surface area contributed by atoms with Crippen molar-refractivity contribution in [3.63, 3.8) is 0 Å². The van der Waals surface area contributed by atoms with E-state index in [1.165, 1.54) is 21.9 Å². The number of rotatable bonds is 3. The SMILES string of the molecule is c1ccc(-c2ccc3c4ccccc4n(-c4cccc(-c5ccccn5)n4)c3c2)cc1. The van der Waals surface area contributed by atoms with E-state index in [1.807, 2.05) is 36.4 Å². The summed E-state index contributed by atoms with van der Waals surface area (Å²) in [5, 5.41) is 2.45. The van der Waals surface area contributed by atoms with Gasteiger partial charge in [-0.15, -0.1) is 0 Å². The lowest BCUT2D eigenvalue weighted by Crippen LogP contribution is -1.99. The van der Waals surface area contributed by atoms with Crippen LogP contribution < -0.4 is 0 Å². The molecule has 3 aromatic heterocycles. The number of aromatic nitrogens is 3. The van der Waals surface area contributed by atoms with Crippen LogP contribution in [0.2, 0.25) is 0 Å². The molecule has 0 aliphatic carbocycles. The van der Waals surface area contributed by atoms with Gasteiger partial charge in [0.1, 0.15) is 5.82 Å². The van der Waals surface area contributed by atoms with Crippen LogP contribution in [-0.2, 0) is 0 Å². The second-order valence-corrected chi connectivity index (χ2v) is 7.55. The fourth-order valence-electron chi connectivity index (χ4n) is 4.23. The molecule has 31 heavy (non-hydrogen) atoms. The summed E-state index contributed by atoms with van der Waals surface area (Å²) in [7, 11) is 0. The van der Waals surface area contributed by atoms with Gasteiger partial charge in [0.15, 0.2) is 0 Å². The van der Waals surface area contributed by atoms with Gasteiger partial charge >= 0.3 is 0 Å². The van der Waals surface area contributed by atoms with Crippen molar-refractivity contribution in [2.45, 2.75) is 0 Å². The second kappa shape index (κ2) is 7.22. The normalized spacial score (nSPS) is 11.2. The summed E-state index contributed by atoms with van der Waals surface area (Å²) in [6.07, 6.45) is 1.80. The average Bonchev–Trinajstić information content (AvgIpc) is 3.19. The smallest absolute Gasteiger partial charge is 0.138 e. The van der Waals surface area contributed by atoms with Crippen molar-refractivity contribution in [1.82, 2.24) is 14.5 Å². The van der Waals surface area contributed by atoms with Crippen LogP contribution in [0.3, 0.4) is 0 Å². The minimum atomic E-state index is 0.864. The molecule has 3 nitrogen and oxygen atoms in total. The standard InChI is InChI=1S/C28H19N3/c1-2-9-20(10-3-1)21-16-17-23-22-11-4-5-14-26(22)31(27(23)19-21)28-15-8-13-25(30-28)24-12-6-7-18-29-24/h1-19H. The number of nitrogens with zero attached hydrogens (tertiary/aromatic N) is 3. The van der Waals surface area contributed by atoms with Gasteiger partial charge in [0.25, 0.3) is 0 Å². The Morgan fingerprint density at radius 1 is 0.516 bits per heavy atom. The molecule has 3 aromatic carbocycles. The quantitative estimate of drug-likeness (QED) is 0.325. The zero-order valence-corrected chi connectivity index (χ0v) is 16.8. The molecule has 0 N–H and O–H groups in total. The van der Waals surface area contributed by atoms with Crippen molar-refractivity contribution in [1.29, 1.82) is 0 Å². The number of pyridine rings is 2. The Balaban J connectivity index is 1.63. The maximum atomic E-state index is 4.99. The third-order valence-corrected chi connectivity index (χ3v) is 5.67. The summed E-state index contributed by atoms with van der Waals surface area (Å²) in [6.45, 7) is 0. The van der Waals surface area contributed by atoms with Crippen LogP contribution >= 0.6 is 0 Å². The summed E-state index contributed by atoms with van der Waals surface area (Å²) in [5.74, 6) is 0.888. The molecule has 0 amide bonds. The number of hydrogen-bond acceptors (Lipinski definition) is 2. The molecule has 0 atom stereocenters. The Morgan fingerprint density at radius 2 is 1.29 bits per heavy atom. The lowest BCUT2D eigenvalue weighted by atomic mass is 10.0. The molecule has 0 radical (unpaired) electrons. The molecule has 0 spiro atoms. The van der Waals surface area contributed by atoms with Gasteiger partial charge < -0.3 is 0 Å². The number of fused-ring (bicyclic) bond motifs is 3. The minimum Gasteiger partial charge on any atom is -0.294 e. The van der Waals surface area contributed by atoms with Crippen molar-refractivity contribution in [2.75, 3.05) is 0 Å². The summed E-state index contributed by atoms with van der Waals surface area (Å²) < 4.78 is 2.25. The molecule has 0 bridgehead atoms. The van der Waals surface area contributed by atoms with Crippen molar-refractivity contribution in [3.8, 4) is 28.3 Å². The van der Waals surface area contributed by atoms with Crippen LogP contribution in [0.1, 0.15) is 0 Å². The Hall–Kier alpha value is -4.24. The Labute approximate surface area is 180 Å². The first-order valence-corrected chi connectivity index (χ1v) is 10.4. The summed E-state index contributed by atoms with van der Waals surface area (Å²) in [4.78, 5) is 9.47. The van der Waals surface area contributed by atoms with Gasteiger partial charge in [-0.2, -0.15) is 0 Å². The summed E-state index contributed by atoms with van der Waals surface area (Å²) in [6, 6.07) is 37.7. The van der Waals surface area contributed by atoms with Gasteiger partial charge in [0, 0.05) is 17.0 Å². The predicted octanol–water partition coefficient (Wildman–Crippen LogP) is 6.91. The van der Waals surface area contributed by atoms with Crippen molar-refractivity contribution >= 4 is 21.8 Å². The van der Waals surface area contributed by atoms with E-state index in [0.29, 0.717) is 0 Å². The molecule has 3 heteroatoms. The highest BCUT2D eigenvalue weighted by molar-refractivity contribution is 6.10. The van der Waals surface area contributed by atoms with Crippen LogP contribution in [0.25, 0.3) is 50.1 Å². The molecule has 0 unspecified atom stereocenters. The van der Waals surface area contributed by atoms with E-state index < -0.39 is 0 Å². The number of hydrogen-bond donors (Lipinski definition) is 0. The van der Waals surface area contributed by atoms with Gasteiger partial charge in [-0.1, -0.05) is 72.8 Å². The van der Waals surface area contributed by atoms with E-state index in [2.05, 4.69) is 82.3 Å². The summed E-state index contributed by atoms with van der Waals surface area (Å²) >= 11 is 0. The Bertz CT molecular complexity index is 1520. The zero-order valence-electron chi connectivity index (χ0n) is 16.8. The number of benzene rings is 3. The molecule has 0 aliphatic rings. The fraction of sp³-hybridized carbons (Fsp3) is 0. The maximum Gasteiger partial charge on any atom is 0.138 e. The third kappa shape index (κ3) is 2.99. The lowest BCUT2D eigenvalue weighted by molar-refractivity contribution is 1.08. The monoisotopic (exact) mass is 397 g/mol. The van der Waals surface area contributed by atoms with Gasteiger partial charge in [-0.05, 0) is 47.5 Å². The zero-order chi connectivity index (χ0) is 20.6. The topological polar surface area (TPSA) is 30.7 Å². The van der Waals surface area contributed by atoms with Gasteiger partial charge in [0.2, 0.25) is 0 Å². The molecule has 0 saturated carbocycles. The van der Waals surface area contributed by atoms with Gasteiger partial charge in [0.05, 0.1) is 22.4 Å². The van der Waals surface area contributed by atoms with Gasteiger partial charge in [-0.3, -0.25) is 9.55 Å². The first-order valence-electron chi connectivity index (χ1n) is 10.4. The third-order valence-electron chi connectivity index (χ3n) is 5.67. The molecule has 146 valence electrons. The Kier molecular flexibility index (Phi) is 4.10. The molecule has 6 aromatic rings. The predicted molar refractivity (Wildman–Crippen MR) is 127 cm³/mol. The summed E-state index contributed by atoms with van der Waals surface area (Å²) in [5.41, 5.74) is 6.43. The molecule has 0 fully saturated rings. The van der Waals surface area contributed by atoms with Crippen molar-refractivity contribution in [3.05, 3.63) is 115 Å². The molecular weight excluding hydrogens is 378 g/mol. The molecule has 3 heterocycles. The van der Waals surface area contributed by atoms with Gasteiger partial charge in [-0.25, -0.2) is 4.98 Å². The average molecular weight is 397 g/mol. The largest absolute Gasteiger partial charge is 0.294 e. The van der Waals surface area contributed by atoms with Crippen LogP contribution in [0.5, 0.6) is 0 Å². The number of para-hydroxylation sites is 1. The highest BCUT2D eigenvalue weighted by Gasteiger charge is 2.14. The Morgan fingerprint density at radius 3 is 2.16 bits per heavy atom. The lowest BCUT2D eigenvalue weighted by Gasteiger charge is -2.10. The van der Waals surface area contributed by atoms with Crippen LogP contribution in [0, 0.1) is 0 Å². The molecule has 6 rings (SSSR count). The van der Waals surface area contributed by atoms with E-state index in [4.69, 9.17) is 4.98 Å². The second-order valence-electron chi connectivity index (χ2n) is 7.55. The van der Waals surface area contributed by atoms with E-state index in [0.717, 1.165) is 28.2 Å². The van der Waals surface area contributed by atoms with Crippen molar-refractivity contribution in [2.24, 2.45) is 0 Å². The molecule has 0 aliphatic heterocycles. The maximum absolute atomic E-state index is 4.99. The molecular formula is C28H19N3. The van der Waals surface area contributed by atoms with Crippen LogP contribution in [0.4, 0.5) is 0 Å². The first kappa shape index (κ1) is 17.6. The first-order chi connectivity index (χ1) is 15.4. The van der Waals surface area contributed by atoms with E-state index in [1.54, 1.807) is 6.20 Å². The van der Waals surface area contributed by atoms with E-state index in [-0.39, 0.29) is 0 Å². The van der Waals surface area contributed by atoms with E-state index in [9.17, 15) is 0 Å². The van der Waals surface area contributed by atoms with Crippen molar-refractivity contribution < 1.29 is 0 Å². The highest BCUT2D eigenvalue weighted by atomic mass is 15.1. The van der Waals surface area contributed by atoms with Crippen LogP contribution in [0.15, 0.2) is 115 Å². The highest BCUT2D eigenvalue weighted by Crippen LogP contribution is 2.34. The van der Waals surface area contributed by atoms with E-state index >= 15 is 0 Å². The fourth-order valence-corrected chi connectivity index (χ4v) is 4.23. The van der Waals surface area contributed by atoms with Crippen LogP contribution in [-0.4, -0.2) is 14.5 Å². The molecule has 0 saturated heterocycles. The minimum absolute atomic E-state index is 0.864.